The monoisotopic (exact) mass is 293 g/mol. The van der Waals surface area contributed by atoms with Gasteiger partial charge in [0.2, 0.25) is 11.8 Å². The standard InChI is InChI=1S/C14H19N3O4/c1-10(18)21-9-11-3-5-12(6-4-11)17-14(20)8-16-13(19)7-15-2/h3-6,15H,7-9H2,1-2H3,(H,16,19)(H,17,20). The number of hydrogen-bond acceptors (Lipinski definition) is 5. The summed E-state index contributed by atoms with van der Waals surface area (Å²) in [6, 6.07) is 6.90. The summed E-state index contributed by atoms with van der Waals surface area (Å²) < 4.78 is 4.86. The van der Waals surface area contributed by atoms with Crippen LogP contribution < -0.4 is 16.0 Å². The van der Waals surface area contributed by atoms with Crippen LogP contribution in [0.25, 0.3) is 0 Å². The molecule has 1 aromatic carbocycles. The lowest BCUT2D eigenvalue weighted by Crippen LogP contribution is -2.37. The Bertz CT molecular complexity index is 499. The van der Waals surface area contributed by atoms with Crippen molar-refractivity contribution in [2.75, 3.05) is 25.5 Å². The average molecular weight is 293 g/mol. The van der Waals surface area contributed by atoms with Crippen LogP contribution in [0.15, 0.2) is 24.3 Å². The van der Waals surface area contributed by atoms with Gasteiger partial charge < -0.3 is 20.7 Å². The first-order valence-corrected chi connectivity index (χ1v) is 6.44. The highest BCUT2D eigenvalue weighted by Crippen LogP contribution is 2.10. The second kappa shape index (κ2) is 8.70. The molecule has 2 amide bonds. The Labute approximate surface area is 123 Å². The highest BCUT2D eigenvalue weighted by atomic mass is 16.5. The predicted molar refractivity (Wildman–Crippen MR) is 77.5 cm³/mol. The van der Waals surface area contributed by atoms with Crippen LogP contribution in [0.1, 0.15) is 12.5 Å². The number of likely N-dealkylation sites (N-methyl/N-ethyl adjacent to an activating group) is 1. The van der Waals surface area contributed by atoms with Crippen LogP contribution in [0.5, 0.6) is 0 Å². The van der Waals surface area contributed by atoms with Crippen molar-refractivity contribution in [1.29, 1.82) is 0 Å². The molecule has 7 nitrogen and oxygen atoms in total. The van der Waals surface area contributed by atoms with Gasteiger partial charge in [-0.15, -0.1) is 0 Å². The number of esters is 1. The van der Waals surface area contributed by atoms with Gasteiger partial charge in [-0.25, -0.2) is 0 Å². The summed E-state index contributed by atoms with van der Waals surface area (Å²) in [7, 11) is 1.65. The zero-order valence-electron chi connectivity index (χ0n) is 12.1. The minimum absolute atomic E-state index is 0.0876. The van der Waals surface area contributed by atoms with E-state index in [1.165, 1.54) is 6.92 Å². The van der Waals surface area contributed by atoms with E-state index >= 15 is 0 Å². The van der Waals surface area contributed by atoms with Crippen LogP contribution >= 0.6 is 0 Å². The van der Waals surface area contributed by atoms with Gasteiger partial charge in [0.25, 0.3) is 0 Å². The van der Waals surface area contributed by atoms with Gasteiger partial charge in [0, 0.05) is 12.6 Å². The summed E-state index contributed by atoms with van der Waals surface area (Å²) in [6.07, 6.45) is 0. The molecule has 21 heavy (non-hydrogen) atoms. The molecule has 1 aromatic rings. The molecule has 0 saturated heterocycles. The van der Waals surface area contributed by atoms with E-state index in [0.29, 0.717) is 5.69 Å². The predicted octanol–water partition coefficient (Wildman–Crippen LogP) is 0.0238. The first-order chi connectivity index (χ1) is 10.0. The molecule has 0 aliphatic heterocycles. The highest BCUT2D eigenvalue weighted by Gasteiger charge is 2.05. The molecule has 0 atom stereocenters. The van der Waals surface area contributed by atoms with Crippen LogP contribution in [-0.2, 0) is 25.7 Å². The van der Waals surface area contributed by atoms with Crippen LogP contribution in [0.2, 0.25) is 0 Å². The number of benzene rings is 1. The van der Waals surface area contributed by atoms with Gasteiger partial charge in [-0.3, -0.25) is 14.4 Å². The van der Waals surface area contributed by atoms with Crippen LogP contribution in [0.4, 0.5) is 5.69 Å². The number of carbonyl (C=O) groups excluding carboxylic acids is 3. The molecule has 0 fully saturated rings. The lowest BCUT2D eigenvalue weighted by molar-refractivity contribution is -0.142. The van der Waals surface area contributed by atoms with Crippen LogP contribution in [0.3, 0.4) is 0 Å². The number of carbonyl (C=O) groups is 3. The van der Waals surface area contributed by atoms with E-state index in [4.69, 9.17) is 4.74 Å². The summed E-state index contributed by atoms with van der Waals surface area (Å²) >= 11 is 0. The van der Waals surface area contributed by atoms with Crippen LogP contribution in [-0.4, -0.2) is 37.9 Å². The van der Waals surface area contributed by atoms with Crippen molar-refractivity contribution in [2.45, 2.75) is 13.5 Å². The van der Waals surface area contributed by atoms with Gasteiger partial charge in [0.05, 0.1) is 13.1 Å². The summed E-state index contributed by atoms with van der Waals surface area (Å²) in [6.45, 7) is 1.62. The van der Waals surface area contributed by atoms with Gasteiger partial charge in [0.1, 0.15) is 6.61 Å². The van der Waals surface area contributed by atoms with E-state index < -0.39 is 0 Å². The molecule has 0 aliphatic rings. The molecule has 7 heteroatoms. The summed E-state index contributed by atoms with van der Waals surface area (Å²) in [5.74, 6) is -0.902. The fourth-order valence-corrected chi connectivity index (χ4v) is 1.48. The smallest absolute Gasteiger partial charge is 0.302 e. The Morgan fingerprint density at radius 1 is 1.05 bits per heavy atom. The number of hydrogen-bond donors (Lipinski definition) is 3. The van der Waals surface area contributed by atoms with Crippen molar-refractivity contribution in [1.82, 2.24) is 10.6 Å². The maximum Gasteiger partial charge on any atom is 0.302 e. The van der Waals surface area contributed by atoms with Gasteiger partial charge in [-0.05, 0) is 24.7 Å². The van der Waals surface area contributed by atoms with Crippen molar-refractivity contribution in [3.63, 3.8) is 0 Å². The SMILES string of the molecule is CNCC(=O)NCC(=O)Nc1ccc(COC(C)=O)cc1. The maximum absolute atomic E-state index is 11.6. The average Bonchev–Trinajstić information content (AvgIpc) is 2.45. The number of nitrogens with one attached hydrogen (secondary N) is 3. The third-order valence-corrected chi connectivity index (χ3v) is 2.46. The second-order valence-corrected chi connectivity index (χ2v) is 4.33. The van der Waals surface area contributed by atoms with Crippen LogP contribution in [0, 0.1) is 0 Å². The van der Waals surface area contributed by atoms with Crippen molar-refractivity contribution < 1.29 is 19.1 Å². The summed E-state index contributed by atoms with van der Waals surface area (Å²) in [4.78, 5) is 33.5. The third-order valence-electron chi connectivity index (χ3n) is 2.46. The molecular weight excluding hydrogens is 274 g/mol. The lowest BCUT2D eigenvalue weighted by atomic mass is 10.2. The minimum Gasteiger partial charge on any atom is -0.461 e. The number of anilines is 1. The Kier molecular flexibility index (Phi) is 6.90. The van der Waals surface area contributed by atoms with Gasteiger partial charge >= 0.3 is 5.97 Å². The zero-order valence-corrected chi connectivity index (χ0v) is 12.1. The molecule has 1 rings (SSSR count). The largest absolute Gasteiger partial charge is 0.461 e. The normalized spacial score (nSPS) is 9.81. The molecule has 0 radical (unpaired) electrons. The van der Waals surface area contributed by atoms with Gasteiger partial charge in [-0.2, -0.15) is 0 Å². The maximum atomic E-state index is 11.6. The molecular formula is C14H19N3O4. The first kappa shape index (κ1) is 16.6. The van der Waals surface area contributed by atoms with E-state index in [2.05, 4.69) is 16.0 Å². The van der Waals surface area contributed by atoms with E-state index in [9.17, 15) is 14.4 Å². The Balaban J connectivity index is 2.39. The highest BCUT2D eigenvalue weighted by molar-refractivity contribution is 5.94. The molecule has 114 valence electrons. The fraction of sp³-hybridized carbons (Fsp3) is 0.357. The molecule has 0 bridgehead atoms. The number of ether oxygens (including phenoxy) is 1. The Morgan fingerprint density at radius 2 is 1.71 bits per heavy atom. The van der Waals surface area contributed by atoms with Crippen molar-refractivity contribution in [3.8, 4) is 0 Å². The van der Waals surface area contributed by atoms with Gasteiger partial charge in [0.15, 0.2) is 0 Å². The van der Waals surface area contributed by atoms with Gasteiger partial charge in [-0.1, -0.05) is 12.1 Å². The molecule has 0 heterocycles. The topological polar surface area (TPSA) is 96.5 Å². The Morgan fingerprint density at radius 3 is 2.29 bits per heavy atom. The van der Waals surface area contributed by atoms with E-state index in [-0.39, 0.29) is 37.5 Å². The molecule has 3 N–H and O–H groups in total. The quantitative estimate of drug-likeness (QED) is 0.616. The molecule has 0 saturated carbocycles. The fourth-order valence-electron chi connectivity index (χ4n) is 1.48. The van der Waals surface area contributed by atoms with Crippen molar-refractivity contribution >= 4 is 23.5 Å². The zero-order chi connectivity index (χ0) is 15.7. The molecule has 0 aromatic heterocycles. The van der Waals surface area contributed by atoms with Crippen molar-refractivity contribution in [2.24, 2.45) is 0 Å². The van der Waals surface area contributed by atoms with Crippen molar-refractivity contribution in [3.05, 3.63) is 29.8 Å². The number of rotatable bonds is 7. The second-order valence-electron chi connectivity index (χ2n) is 4.33. The number of amides is 2. The molecule has 0 aliphatic carbocycles. The molecule has 0 unspecified atom stereocenters. The summed E-state index contributed by atoms with van der Waals surface area (Å²) in [5, 5.41) is 7.81. The third kappa shape index (κ3) is 7.07. The van der Waals surface area contributed by atoms with E-state index in [1.54, 1.807) is 31.3 Å². The lowest BCUT2D eigenvalue weighted by Gasteiger charge is -2.08. The minimum atomic E-state index is -0.343. The Hall–Kier alpha value is -2.41. The summed E-state index contributed by atoms with van der Waals surface area (Å²) in [5.41, 5.74) is 1.43. The van der Waals surface area contributed by atoms with E-state index in [1.807, 2.05) is 0 Å². The first-order valence-electron chi connectivity index (χ1n) is 6.44. The van der Waals surface area contributed by atoms with E-state index in [0.717, 1.165) is 5.56 Å². The molecule has 0 spiro atoms.